The van der Waals surface area contributed by atoms with Gasteiger partial charge in [-0.15, -0.1) is 0 Å². The fourth-order valence-electron chi connectivity index (χ4n) is 2.47. The maximum absolute atomic E-state index is 14.2. The van der Waals surface area contributed by atoms with Crippen molar-refractivity contribution in [1.29, 1.82) is 0 Å². The van der Waals surface area contributed by atoms with Crippen molar-refractivity contribution in [2.24, 2.45) is 0 Å². The van der Waals surface area contributed by atoms with Crippen LogP contribution in [0.4, 0.5) is 10.1 Å². The van der Waals surface area contributed by atoms with Crippen LogP contribution in [-0.4, -0.2) is 49.9 Å². The molecule has 1 N–H and O–H groups in total. The number of carbonyl (C=O) groups is 1. The van der Waals surface area contributed by atoms with E-state index in [9.17, 15) is 17.6 Å². The van der Waals surface area contributed by atoms with Gasteiger partial charge in [0.1, 0.15) is 21.6 Å². The van der Waals surface area contributed by atoms with Crippen molar-refractivity contribution in [2.75, 3.05) is 31.6 Å². The Bertz CT molecular complexity index is 982. The quantitative estimate of drug-likeness (QED) is 0.748. The summed E-state index contributed by atoms with van der Waals surface area (Å²) in [7, 11) is -4.07. The fourth-order valence-corrected chi connectivity index (χ4v) is 4.31. The molecule has 0 unspecified atom stereocenters. The maximum Gasteiger partial charge on any atom is 0.275 e. The van der Waals surface area contributed by atoms with Crippen LogP contribution in [0.1, 0.15) is 10.5 Å². The van der Waals surface area contributed by atoms with Gasteiger partial charge in [0.2, 0.25) is 10.0 Å². The molecule has 2 heterocycles. The van der Waals surface area contributed by atoms with Crippen molar-refractivity contribution in [1.82, 2.24) is 9.29 Å². The highest BCUT2D eigenvalue weighted by atomic mass is 35.5. The van der Waals surface area contributed by atoms with Crippen LogP contribution in [0.15, 0.2) is 35.2 Å². The van der Waals surface area contributed by atoms with Crippen LogP contribution < -0.4 is 5.32 Å². The number of aromatic nitrogens is 1. The molecule has 3 rings (SSSR count). The van der Waals surface area contributed by atoms with Crippen LogP contribution in [0.3, 0.4) is 0 Å². The minimum Gasteiger partial charge on any atom is -0.379 e. The number of benzene rings is 1. The molecule has 1 saturated heterocycles. The Labute approximate surface area is 165 Å². The van der Waals surface area contributed by atoms with Gasteiger partial charge < -0.3 is 10.1 Å². The number of nitrogens with zero attached hydrogens (tertiary/aromatic N) is 2. The fraction of sp³-hybridized carbons (Fsp3) is 0.250. The highest BCUT2D eigenvalue weighted by Crippen LogP contribution is 2.25. The van der Waals surface area contributed by atoms with Gasteiger partial charge in [0.25, 0.3) is 5.91 Å². The molecule has 2 aromatic rings. The highest BCUT2D eigenvalue weighted by molar-refractivity contribution is 7.89. The number of sulfonamides is 1. The monoisotopic (exact) mass is 433 g/mol. The van der Waals surface area contributed by atoms with Crippen LogP contribution in [0.25, 0.3) is 0 Å². The minimum atomic E-state index is -4.07. The summed E-state index contributed by atoms with van der Waals surface area (Å²) in [5.74, 6) is -1.62. The summed E-state index contributed by atoms with van der Waals surface area (Å²) >= 11 is 11.7. The first-order valence-corrected chi connectivity index (χ1v) is 9.99. The van der Waals surface area contributed by atoms with Crippen molar-refractivity contribution in [3.05, 3.63) is 52.0 Å². The zero-order valence-electron chi connectivity index (χ0n) is 13.8. The molecule has 1 aliphatic heterocycles. The van der Waals surface area contributed by atoms with Crippen molar-refractivity contribution >= 4 is 44.8 Å². The lowest BCUT2D eigenvalue weighted by Gasteiger charge is -2.26. The number of rotatable bonds is 4. The Morgan fingerprint density at radius 2 is 1.89 bits per heavy atom. The summed E-state index contributed by atoms with van der Waals surface area (Å²) in [5, 5.41) is 2.59. The van der Waals surface area contributed by atoms with Crippen molar-refractivity contribution < 1.29 is 22.3 Å². The van der Waals surface area contributed by atoms with E-state index in [2.05, 4.69) is 10.3 Å². The van der Waals surface area contributed by atoms with E-state index in [1.165, 1.54) is 18.2 Å². The molecule has 0 atom stereocenters. The zero-order valence-corrected chi connectivity index (χ0v) is 16.1. The summed E-state index contributed by atoms with van der Waals surface area (Å²) in [4.78, 5) is 15.7. The molecule has 7 nitrogen and oxygen atoms in total. The number of hydrogen-bond donors (Lipinski definition) is 1. The molecule has 1 fully saturated rings. The van der Waals surface area contributed by atoms with Gasteiger partial charge >= 0.3 is 0 Å². The molecule has 0 saturated carbocycles. The van der Waals surface area contributed by atoms with Gasteiger partial charge in [-0.2, -0.15) is 4.31 Å². The van der Waals surface area contributed by atoms with E-state index in [4.69, 9.17) is 27.9 Å². The standard InChI is InChI=1S/C16H14Cl2FN3O4S/c17-11-2-4-14(18)21-15(11)16(23)20-10-1-3-12(19)13(9-10)27(24,25)22-5-7-26-8-6-22/h1-4,9H,5-8H2,(H,20,23). The molecular weight excluding hydrogens is 420 g/mol. The van der Waals surface area contributed by atoms with Gasteiger partial charge in [0, 0.05) is 18.8 Å². The van der Waals surface area contributed by atoms with Crippen LogP contribution in [-0.2, 0) is 14.8 Å². The summed E-state index contributed by atoms with van der Waals surface area (Å²) in [5.41, 5.74) is -0.0582. The first kappa shape index (κ1) is 20.0. The summed E-state index contributed by atoms with van der Waals surface area (Å²) in [6.45, 7) is 0.716. The lowest BCUT2D eigenvalue weighted by Crippen LogP contribution is -2.40. The molecule has 1 aliphatic rings. The Hall–Kier alpha value is -1.78. The average molecular weight is 434 g/mol. The number of pyridine rings is 1. The number of halogens is 3. The molecule has 0 bridgehead atoms. The number of carbonyl (C=O) groups excluding carboxylic acids is 1. The third-order valence-electron chi connectivity index (χ3n) is 3.80. The van der Waals surface area contributed by atoms with Crippen LogP contribution >= 0.6 is 23.2 Å². The number of hydrogen-bond acceptors (Lipinski definition) is 5. The highest BCUT2D eigenvalue weighted by Gasteiger charge is 2.29. The second kappa shape index (κ2) is 8.07. The normalized spacial score (nSPS) is 15.5. The van der Waals surface area contributed by atoms with Crippen molar-refractivity contribution in [3.8, 4) is 0 Å². The predicted molar refractivity (Wildman–Crippen MR) is 98.2 cm³/mol. The molecule has 27 heavy (non-hydrogen) atoms. The van der Waals surface area contributed by atoms with Gasteiger partial charge in [0.15, 0.2) is 0 Å². The first-order valence-electron chi connectivity index (χ1n) is 7.80. The van der Waals surface area contributed by atoms with Crippen LogP contribution in [0.2, 0.25) is 10.2 Å². The van der Waals surface area contributed by atoms with Crippen LogP contribution in [0, 0.1) is 5.82 Å². The minimum absolute atomic E-state index is 0.0687. The van der Waals surface area contributed by atoms with E-state index < -0.39 is 26.6 Å². The van der Waals surface area contributed by atoms with Crippen molar-refractivity contribution in [2.45, 2.75) is 4.90 Å². The zero-order chi connectivity index (χ0) is 19.6. The lowest BCUT2D eigenvalue weighted by atomic mass is 10.3. The number of ether oxygens (including phenoxy) is 1. The Balaban J connectivity index is 1.89. The van der Waals surface area contributed by atoms with E-state index in [-0.39, 0.29) is 47.9 Å². The second-order valence-corrected chi connectivity index (χ2v) is 8.28. The van der Waals surface area contributed by atoms with Gasteiger partial charge in [-0.1, -0.05) is 23.2 Å². The van der Waals surface area contributed by atoms with Crippen molar-refractivity contribution in [3.63, 3.8) is 0 Å². The van der Waals surface area contributed by atoms with E-state index in [0.717, 1.165) is 16.4 Å². The summed E-state index contributed by atoms with van der Waals surface area (Å²) < 4.78 is 45.8. The lowest BCUT2D eigenvalue weighted by molar-refractivity contribution is 0.0729. The Kier molecular flexibility index (Phi) is 5.97. The molecule has 1 amide bonds. The average Bonchev–Trinajstić information content (AvgIpc) is 2.65. The molecule has 1 aromatic heterocycles. The third-order valence-corrected chi connectivity index (χ3v) is 6.23. The molecule has 11 heteroatoms. The summed E-state index contributed by atoms with van der Waals surface area (Å²) in [6, 6.07) is 6.09. The SMILES string of the molecule is O=C(Nc1ccc(F)c(S(=O)(=O)N2CCOCC2)c1)c1nc(Cl)ccc1Cl. The Morgan fingerprint density at radius 1 is 1.19 bits per heavy atom. The molecule has 1 aromatic carbocycles. The number of amides is 1. The largest absolute Gasteiger partial charge is 0.379 e. The topological polar surface area (TPSA) is 88.6 Å². The van der Waals surface area contributed by atoms with Gasteiger partial charge in [-0.05, 0) is 30.3 Å². The first-order chi connectivity index (χ1) is 12.8. The number of nitrogens with one attached hydrogen (secondary N) is 1. The van der Waals surface area contributed by atoms with Crippen LogP contribution in [0.5, 0.6) is 0 Å². The Morgan fingerprint density at radius 3 is 2.59 bits per heavy atom. The molecule has 0 spiro atoms. The second-order valence-electron chi connectivity index (χ2n) is 5.58. The number of anilines is 1. The maximum atomic E-state index is 14.2. The molecule has 0 radical (unpaired) electrons. The van der Waals surface area contributed by atoms with E-state index in [1.807, 2.05) is 0 Å². The molecule has 144 valence electrons. The molecule has 0 aliphatic carbocycles. The number of morpholine rings is 1. The van der Waals surface area contributed by atoms with E-state index >= 15 is 0 Å². The van der Waals surface area contributed by atoms with Gasteiger partial charge in [-0.25, -0.2) is 17.8 Å². The molecular formula is C16H14Cl2FN3O4S. The van der Waals surface area contributed by atoms with Gasteiger partial charge in [-0.3, -0.25) is 4.79 Å². The van der Waals surface area contributed by atoms with E-state index in [1.54, 1.807) is 0 Å². The third kappa shape index (κ3) is 4.39. The predicted octanol–water partition coefficient (Wildman–Crippen LogP) is 2.80. The van der Waals surface area contributed by atoms with E-state index in [0.29, 0.717) is 0 Å². The van der Waals surface area contributed by atoms with Gasteiger partial charge in [0.05, 0.1) is 18.2 Å². The smallest absolute Gasteiger partial charge is 0.275 e. The summed E-state index contributed by atoms with van der Waals surface area (Å²) in [6.07, 6.45) is 0.